The molecule has 0 radical (unpaired) electrons. The third-order valence-corrected chi connectivity index (χ3v) is 5.00. The van der Waals surface area contributed by atoms with E-state index in [9.17, 15) is 0 Å². The van der Waals surface area contributed by atoms with Crippen molar-refractivity contribution in [1.29, 1.82) is 0 Å². The van der Waals surface area contributed by atoms with Crippen LogP contribution < -0.4 is 5.32 Å². The highest BCUT2D eigenvalue weighted by molar-refractivity contribution is 5.25. The van der Waals surface area contributed by atoms with Gasteiger partial charge in [0.2, 0.25) is 0 Å². The third kappa shape index (κ3) is 2.48. The monoisotopic (exact) mass is 282 g/mol. The molecule has 4 nitrogen and oxygen atoms in total. The van der Waals surface area contributed by atoms with Crippen LogP contribution in [-0.4, -0.2) is 20.6 Å². The van der Waals surface area contributed by atoms with Gasteiger partial charge in [-0.05, 0) is 50.2 Å². The van der Waals surface area contributed by atoms with Gasteiger partial charge < -0.3 is 9.88 Å². The van der Waals surface area contributed by atoms with Crippen molar-refractivity contribution >= 4 is 0 Å². The molecule has 0 aromatic carbocycles. The molecule has 1 saturated carbocycles. The maximum atomic E-state index is 4.65. The van der Waals surface area contributed by atoms with E-state index in [1.807, 2.05) is 18.7 Å². The molecule has 1 fully saturated rings. The van der Waals surface area contributed by atoms with Gasteiger partial charge in [-0.25, -0.2) is 4.98 Å². The zero-order valence-corrected chi connectivity index (χ0v) is 12.3. The Morgan fingerprint density at radius 3 is 3.05 bits per heavy atom. The van der Waals surface area contributed by atoms with E-state index in [2.05, 4.69) is 38.2 Å². The van der Waals surface area contributed by atoms with E-state index in [1.165, 1.54) is 49.8 Å². The summed E-state index contributed by atoms with van der Waals surface area (Å²) in [6.45, 7) is 0. The average Bonchev–Trinajstić information content (AvgIpc) is 3.18. The molecule has 110 valence electrons. The summed E-state index contributed by atoms with van der Waals surface area (Å²) in [5.41, 5.74) is 2.71. The molecule has 1 N–H and O–H groups in total. The van der Waals surface area contributed by atoms with Crippen molar-refractivity contribution in [2.24, 2.45) is 0 Å². The lowest BCUT2D eigenvalue weighted by molar-refractivity contribution is 0.329. The first kappa shape index (κ1) is 13.0. The van der Waals surface area contributed by atoms with Crippen LogP contribution in [0.15, 0.2) is 37.1 Å². The Balaban J connectivity index is 1.54. The van der Waals surface area contributed by atoms with Crippen LogP contribution in [0.1, 0.15) is 55.4 Å². The van der Waals surface area contributed by atoms with E-state index in [-0.39, 0.29) is 0 Å². The molecule has 3 atom stereocenters. The zero-order valence-electron chi connectivity index (χ0n) is 12.3. The first-order valence-electron chi connectivity index (χ1n) is 8.09. The Morgan fingerprint density at radius 1 is 1.14 bits per heavy atom. The van der Waals surface area contributed by atoms with Crippen LogP contribution in [0.4, 0.5) is 0 Å². The molecule has 2 aromatic heterocycles. The van der Waals surface area contributed by atoms with Gasteiger partial charge in [0.05, 0.1) is 18.1 Å². The summed E-state index contributed by atoms with van der Waals surface area (Å²) in [5.74, 6) is 0. The highest BCUT2D eigenvalue weighted by Crippen LogP contribution is 2.34. The number of aromatic nitrogens is 3. The second kappa shape index (κ2) is 5.60. The molecule has 0 spiro atoms. The first-order valence-corrected chi connectivity index (χ1v) is 8.09. The minimum atomic E-state index is 0.420. The molecule has 2 aliphatic rings. The number of rotatable bonds is 3. The first-order chi connectivity index (χ1) is 10.4. The van der Waals surface area contributed by atoms with Crippen LogP contribution >= 0.6 is 0 Å². The minimum Gasteiger partial charge on any atom is -0.333 e. The molecule has 0 aliphatic heterocycles. The number of imidazole rings is 1. The fraction of sp³-hybridized carbons (Fsp3) is 0.529. The summed E-state index contributed by atoms with van der Waals surface area (Å²) >= 11 is 0. The standard InChI is InChI=1S/C17H22N4/c1-4-13-5-3-9-19-17(13)15(7-1)20-14-6-2-8-16(14)21-11-10-18-12-21/h3,5,9-12,14-16,20H,1-2,4,6-8H2. The molecular weight excluding hydrogens is 260 g/mol. The Morgan fingerprint density at radius 2 is 2.14 bits per heavy atom. The summed E-state index contributed by atoms with van der Waals surface area (Å²) < 4.78 is 2.27. The number of pyridine rings is 1. The Labute approximate surface area is 125 Å². The second-order valence-electron chi connectivity index (χ2n) is 6.27. The lowest BCUT2D eigenvalue weighted by Gasteiger charge is -2.31. The maximum absolute atomic E-state index is 4.65. The van der Waals surface area contributed by atoms with Gasteiger partial charge in [-0.2, -0.15) is 0 Å². The number of nitrogens with zero attached hydrogens (tertiary/aromatic N) is 3. The normalized spacial score (nSPS) is 28.5. The average molecular weight is 282 g/mol. The van der Waals surface area contributed by atoms with Crippen molar-refractivity contribution in [1.82, 2.24) is 19.9 Å². The molecule has 2 aromatic rings. The van der Waals surface area contributed by atoms with Crippen molar-refractivity contribution in [2.75, 3.05) is 0 Å². The molecule has 4 heteroatoms. The van der Waals surface area contributed by atoms with Crippen molar-refractivity contribution < 1.29 is 0 Å². The third-order valence-electron chi connectivity index (χ3n) is 5.00. The van der Waals surface area contributed by atoms with Crippen molar-refractivity contribution in [2.45, 2.75) is 56.7 Å². The molecule has 0 saturated heterocycles. The molecule has 0 amide bonds. The number of hydrogen-bond acceptors (Lipinski definition) is 3. The summed E-state index contributed by atoms with van der Waals surface area (Å²) in [6, 6.07) is 5.80. The number of nitrogens with one attached hydrogen (secondary N) is 1. The van der Waals surface area contributed by atoms with Crippen LogP contribution in [0, 0.1) is 0 Å². The van der Waals surface area contributed by atoms with Crippen LogP contribution in [-0.2, 0) is 6.42 Å². The van der Waals surface area contributed by atoms with Gasteiger partial charge in [-0.15, -0.1) is 0 Å². The largest absolute Gasteiger partial charge is 0.333 e. The van der Waals surface area contributed by atoms with E-state index < -0.39 is 0 Å². The quantitative estimate of drug-likeness (QED) is 0.941. The van der Waals surface area contributed by atoms with Crippen LogP contribution in [0.5, 0.6) is 0 Å². The Hall–Kier alpha value is -1.68. The number of fused-ring (bicyclic) bond motifs is 1. The van der Waals surface area contributed by atoms with Gasteiger partial charge in [0.1, 0.15) is 0 Å². The molecular formula is C17H22N4. The topological polar surface area (TPSA) is 42.7 Å². The van der Waals surface area contributed by atoms with Crippen molar-refractivity contribution in [3.63, 3.8) is 0 Å². The molecule has 4 rings (SSSR count). The van der Waals surface area contributed by atoms with E-state index in [0.717, 1.165) is 0 Å². The van der Waals surface area contributed by atoms with Crippen molar-refractivity contribution in [3.8, 4) is 0 Å². The highest BCUT2D eigenvalue weighted by Gasteiger charge is 2.32. The summed E-state index contributed by atoms with van der Waals surface area (Å²) in [5, 5.41) is 3.90. The minimum absolute atomic E-state index is 0.420. The van der Waals surface area contributed by atoms with E-state index in [0.29, 0.717) is 18.1 Å². The molecule has 0 bridgehead atoms. The molecule has 2 aliphatic carbocycles. The number of aryl methyl sites for hydroxylation is 1. The van der Waals surface area contributed by atoms with E-state index in [4.69, 9.17) is 0 Å². The van der Waals surface area contributed by atoms with E-state index >= 15 is 0 Å². The van der Waals surface area contributed by atoms with Gasteiger partial charge in [0, 0.05) is 30.7 Å². The SMILES string of the molecule is c1cnc2c(c1)CCCC2NC1CCCC1n1ccnc1. The fourth-order valence-corrected chi connectivity index (χ4v) is 3.99. The van der Waals surface area contributed by atoms with Gasteiger partial charge in [0.15, 0.2) is 0 Å². The summed E-state index contributed by atoms with van der Waals surface area (Å²) in [4.78, 5) is 8.86. The summed E-state index contributed by atoms with van der Waals surface area (Å²) in [7, 11) is 0. The van der Waals surface area contributed by atoms with E-state index in [1.54, 1.807) is 0 Å². The highest BCUT2D eigenvalue weighted by atomic mass is 15.1. The predicted molar refractivity (Wildman–Crippen MR) is 82.0 cm³/mol. The van der Waals surface area contributed by atoms with Gasteiger partial charge in [-0.1, -0.05) is 6.07 Å². The molecule has 3 unspecified atom stereocenters. The Bertz CT molecular complexity index is 593. The lowest BCUT2D eigenvalue weighted by Crippen LogP contribution is -2.38. The van der Waals surface area contributed by atoms with Gasteiger partial charge in [-0.3, -0.25) is 4.98 Å². The molecule has 2 heterocycles. The Kier molecular flexibility index (Phi) is 3.47. The molecule has 21 heavy (non-hydrogen) atoms. The second-order valence-corrected chi connectivity index (χ2v) is 6.27. The van der Waals surface area contributed by atoms with Crippen LogP contribution in [0.3, 0.4) is 0 Å². The fourth-order valence-electron chi connectivity index (χ4n) is 3.99. The van der Waals surface area contributed by atoms with Crippen LogP contribution in [0.2, 0.25) is 0 Å². The van der Waals surface area contributed by atoms with Gasteiger partial charge >= 0.3 is 0 Å². The number of hydrogen-bond donors (Lipinski definition) is 1. The van der Waals surface area contributed by atoms with Crippen molar-refractivity contribution in [3.05, 3.63) is 48.3 Å². The maximum Gasteiger partial charge on any atom is 0.0949 e. The smallest absolute Gasteiger partial charge is 0.0949 e. The zero-order chi connectivity index (χ0) is 14.1. The lowest BCUT2D eigenvalue weighted by atomic mass is 9.91. The summed E-state index contributed by atoms with van der Waals surface area (Å²) in [6.07, 6.45) is 15.3. The predicted octanol–water partition coefficient (Wildman–Crippen LogP) is 3.04. The van der Waals surface area contributed by atoms with Gasteiger partial charge in [0.25, 0.3) is 0 Å². The van der Waals surface area contributed by atoms with Crippen LogP contribution in [0.25, 0.3) is 0 Å².